The summed E-state index contributed by atoms with van der Waals surface area (Å²) in [6.45, 7) is 5.61. The molecule has 3 aliphatic heterocycles. The molecule has 0 amide bonds. The second kappa shape index (κ2) is 4.97. The zero-order valence-corrected chi connectivity index (χ0v) is 12.1. The average molecular weight is 317 g/mol. The molecule has 2 unspecified atom stereocenters. The van der Waals surface area contributed by atoms with Crippen LogP contribution in [0.5, 0.6) is 0 Å². The van der Waals surface area contributed by atoms with E-state index in [4.69, 9.17) is 0 Å². The van der Waals surface area contributed by atoms with Crippen LogP contribution in [0.2, 0.25) is 0 Å². The van der Waals surface area contributed by atoms with E-state index in [1.165, 1.54) is 18.0 Å². The Bertz CT molecular complexity index is 390. The normalized spacial score (nSPS) is 33.9. The van der Waals surface area contributed by atoms with Crippen molar-refractivity contribution in [2.75, 3.05) is 32.7 Å². The molecule has 0 aliphatic carbocycles. The Labute approximate surface area is 114 Å². The van der Waals surface area contributed by atoms with Gasteiger partial charge in [-0.25, -0.2) is 0 Å². The van der Waals surface area contributed by atoms with Crippen LogP contribution in [0.25, 0.3) is 0 Å². The molecule has 2 atom stereocenters. The van der Waals surface area contributed by atoms with Crippen LogP contribution >= 0.6 is 27.3 Å². The van der Waals surface area contributed by atoms with Crippen molar-refractivity contribution in [1.29, 1.82) is 0 Å². The van der Waals surface area contributed by atoms with Gasteiger partial charge in [0, 0.05) is 54.5 Å². The largest absolute Gasteiger partial charge is 0.391 e. The van der Waals surface area contributed by atoms with Crippen molar-refractivity contribution in [1.82, 2.24) is 9.80 Å². The van der Waals surface area contributed by atoms with Crippen LogP contribution in [0.3, 0.4) is 0 Å². The van der Waals surface area contributed by atoms with Gasteiger partial charge in [-0.2, -0.15) is 0 Å². The molecule has 0 saturated carbocycles. The van der Waals surface area contributed by atoms with Crippen molar-refractivity contribution in [3.8, 4) is 0 Å². The topological polar surface area (TPSA) is 26.7 Å². The molecule has 4 rings (SSSR count). The van der Waals surface area contributed by atoms with Gasteiger partial charge in [0.25, 0.3) is 0 Å². The van der Waals surface area contributed by atoms with E-state index in [0.717, 1.165) is 30.5 Å². The van der Waals surface area contributed by atoms with Crippen molar-refractivity contribution in [3.05, 3.63) is 20.8 Å². The van der Waals surface area contributed by atoms with Crippen molar-refractivity contribution >= 4 is 27.3 Å². The fraction of sp³-hybridized carbons (Fsp3) is 0.667. The lowest BCUT2D eigenvalue weighted by atomic mass is 9.99. The van der Waals surface area contributed by atoms with Crippen molar-refractivity contribution < 1.29 is 5.11 Å². The summed E-state index contributed by atoms with van der Waals surface area (Å²) in [6.07, 6.45) is 0.529. The summed E-state index contributed by atoms with van der Waals surface area (Å²) < 4.78 is 1.14. The molecule has 17 heavy (non-hydrogen) atoms. The van der Waals surface area contributed by atoms with E-state index in [2.05, 4.69) is 37.2 Å². The molecule has 3 fully saturated rings. The molecule has 3 nitrogen and oxygen atoms in total. The lowest BCUT2D eigenvalue weighted by Crippen LogP contribution is -2.64. The number of hydrogen-bond donors (Lipinski definition) is 1. The lowest BCUT2D eigenvalue weighted by Gasteiger charge is -2.49. The first-order valence-corrected chi connectivity index (χ1v) is 7.77. The van der Waals surface area contributed by atoms with Crippen molar-refractivity contribution in [2.24, 2.45) is 0 Å². The average Bonchev–Trinajstić information content (AvgIpc) is 2.76. The quantitative estimate of drug-likeness (QED) is 0.913. The van der Waals surface area contributed by atoms with Crippen LogP contribution in [0.15, 0.2) is 15.9 Å². The summed E-state index contributed by atoms with van der Waals surface area (Å²) in [5.74, 6) is 0. The molecule has 0 spiro atoms. The molecular formula is C12H17BrN2OS. The van der Waals surface area contributed by atoms with Crippen LogP contribution in [-0.2, 0) is 6.42 Å². The van der Waals surface area contributed by atoms with Crippen LogP contribution in [0.4, 0.5) is 0 Å². The first kappa shape index (κ1) is 12.1. The summed E-state index contributed by atoms with van der Waals surface area (Å²) in [7, 11) is 0. The van der Waals surface area contributed by atoms with E-state index in [9.17, 15) is 5.11 Å². The highest BCUT2D eigenvalue weighted by Crippen LogP contribution is 2.27. The second-order valence-electron chi connectivity index (χ2n) is 4.87. The molecule has 2 bridgehead atoms. The van der Waals surface area contributed by atoms with Gasteiger partial charge in [-0.1, -0.05) is 0 Å². The van der Waals surface area contributed by atoms with Gasteiger partial charge >= 0.3 is 0 Å². The minimum Gasteiger partial charge on any atom is -0.391 e. The fourth-order valence-corrected chi connectivity index (χ4v) is 4.38. The third-order valence-electron chi connectivity index (χ3n) is 3.85. The highest BCUT2D eigenvalue weighted by atomic mass is 79.9. The number of rotatable bonds is 3. The summed E-state index contributed by atoms with van der Waals surface area (Å²) in [4.78, 5) is 6.18. The number of hydrogen-bond acceptors (Lipinski definition) is 4. The Morgan fingerprint density at radius 3 is 2.71 bits per heavy atom. The van der Waals surface area contributed by atoms with Gasteiger partial charge in [-0.3, -0.25) is 9.80 Å². The van der Waals surface area contributed by atoms with Crippen molar-refractivity contribution in [2.45, 2.75) is 18.6 Å². The van der Waals surface area contributed by atoms with E-state index in [1.54, 1.807) is 11.3 Å². The number of nitrogens with zero attached hydrogens (tertiary/aromatic N) is 2. The van der Waals surface area contributed by atoms with Gasteiger partial charge in [0.1, 0.15) is 0 Å². The van der Waals surface area contributed by atoms with Crippen molar-refractivity contribution in [3.63, 3.8) is 0 Å². The van der Waals surface area contributed by atoms with Gasteiger partial charge in [0.2, 0.25) is 0 Å². The molecule has 0 aromatic carbocycles. The van der Waals surface area contributed by atoms with Crippen LogP contribution < -0.4 is 0 Å². The Morgan fingerprint density at radius 1 is 1.41 bits per heavy atom. The Morgan fingerprint density at radius 2 is 2.18 bits per heavy atom. The van der Waals surface area contributed by atoms with Crippen LogP contribution in [0, 0.1) is 0 Å². The smallest absolute Gasteiger partial charge is 0.0756 e. The van der Waals surface area contributed by atoms with Crippen LogP contribution in [0.1, 0.15) is 4.88 Å². The van der Waals surface area contributed by atoms with Crippen LogP contribution in [-0.4, -0.2) is 59.8 Å². The maximum Gasteiger partial charge on any atom is 0.0756 e. The van der Waals surface area contributed by atoms with Gasteiger partial charge < -0.3 is 5.11 Å². The first-order valence-electron chi connectivity index (χ1n) is 6.10. The third kappa shape index (κ3) is 2.44. The monoisotopic (exact) mass is 316 g/mol. The zero-order chi connectivity index (χ0) is 11.8. The maximum atomic E-state index is 10.4. The van der Waals surface area contributed by atoms with E-state index in [1.807, 2.05) is 0 Å². The number of piperazine rings is 3. The molecule has 3 aliphatic rings. The molecule has 94 valence electrons. The van der Waals surface area contributed by atoms with E-state index >= 15 is 0 Å². The molecule has 5 heteroatoms. The molecule has 0 radical (unpaired) electrons. The standard InChI is InChI=1S/C12H17BrN2OS/c13-9-1-6-17-12(9)7-11(16)10-8-14-2-4-15(10)5-3-14/h1,6,10-11,16H,2-5,7-8H2. The van der Waals surface area contributed by atoms with Gasteiger partial charge in [0.15, 0.2) is 0 Å². The zero-order valence-electron chi connectivity index (χ0n) is 9.68. The fourth-order valence-electron chi connectivity index (χ4n) is 2.82. The predicted octanol–water partition coefficient (Wildman–Crippen LogP) is 1.41. The predicted molar refractivity (Wildman–Crippen MR) is 73.5 cm³/mol. The molecule has 3 saturated heterocycles. The minimum absolute atomic E-state index is 0.243. The second-order valence-corrected chi connectivity index (χ2v) is 6.72. The molecule has 1 N–H and O–H groups in total. The van der Waals surface area contributed by atoms with Gasteiger partial charge in [-0.15, -0.1) is 11.3 Å². The number of fused-ring (bicyclic) bond motifs is 3. The third-order valence-corrected chi connectivity index (χ3v) is 5.80. The van der Waals surface area contributed by atoms with Gasteiger partial charge in [-0.05, 0) is 27.4 Å². The molecular weight excluding hydrogens is 300 g/mol. The molecule has 1 aromatic heterocycles. The maximum absolute atomic E-state index is 10.4. The molecule has 4 heterocycles. The SMILES string of the molecule is OC(Cc1sccc1Br)C1CN2CCN1CC2. The Hall–Kier alpha value is 0.0600. The molecule has 1 aromatic rings. The number of halogens is 1. The summed E-state index contributed by atoms with van der Waals surface area (Å²) in [5.41, 5.74) is 0. The Balaban J connectivity index is 1.66. The summed E-state index contributed by atoms with van der Waals surface area (Å²) in [5, 5.41) is 12.5. The Kier molecular flexibility index (Phi) is 3.54. The summed E-state index contributed by atoms with van der Waals surface area (Å²) in [6, 6.07) is 2.38. The van der Waals surface area contributed by atoms with Gasteiger partial charge in [0.05, 0.1) is 6.10 Å². The van der Waals surface area contributed by atoms with E-state index in [0.29, 0.717) is 6.04 Å². The number of aliphatic hydroxyl groups is 1. The minimum atomic E-state index is -0.243. The van der Waals surface area contributed by atoms with E-state index < -0.39 is 0 Å². The highest BCUT2D eigenvalue weighted by Gasteiger charge is 2.36. The highest BCUT2D eigenvalue weighted by molar-refractivity contribution is 9.10. The lowest BCUT2D eigenvalue weighted by molar-refractivity contribution is -0.0451. The van der Waals surface area contributed by atoms with E-state index in [-0.39, 0.29) is 6.10 Å². The first-order chi connectivity index (χ1) is 8.24. The number of thiophene rings is 1. The summed E-state index contributed by atoms with van der Waals surface area (Å²) >= 11 is 5.26. The number of aliphatic hydroxyl groups excluding tert-OH is 1.